The van der Waals surface area contributed by atoms with Gasteiger partial charge in [0, 0.05) is 32.3 Å². The largest absolute Gasteiger partial charge is 0.481 e. The maximum atomic E-state index is 11.7. The van der Waals surface area contributed by atoms with E-state index in [9.17, 15) is 9.90 Å². The molecule has 1 heterocycles. The molecule has 0 aromatic carbocycles. The molecular formula is C14H28N2O3. The third-order valence-corrected chi connectivity index (χ3v) is 4.07. The zero-order valence-electron chi connectivity index (χ0n) is 12.7. The van der Waals surface area contributed by atoms with Gasteiger partial charge in [-0.3, -0.25) is 9.69 Å². The number of carboxylic acids is 1. The highest BCUT2D eigenvalue weighted by Gasteiger charge is 2.42. The van der Waals surface area contributed by atoms with Gasteiger partial charge in [0.05, 0.1) is 5.41 Å². The van der Waals surface area contributed by atoms with E-state index in [1.165, 1.54) is 0 Å². The monoisotopic (exact) mass is 272 g/mol. The summed E-state index contributed by atoms with van der Waals surface area (Å²) in [6.07, 6.45) is 1.24. The van der Waals surface area contributed by atoms with Crippen molar-refractivity contribution in [2.24, 2.45) is 5.41 Å². The van der Waals surface area contributed by atoms with Gasteiger partial charge in [0.2, 0.25) is 0 Å². The molecule has 19 heavy (non-hydrogen) atoms. The fraction of sp³-hybridized carbons (Fsp3) is 0.929. The summed E-state index contributed by atoms with van der Waals surface area (Å²) in [4.78, 5) is 16.1. The molecule has 0 amide bonds. The maximum Gasteiger partial charge on any atom is 0.311 e. The van der Waals surface area contributed by atoms with Gasteiger partial charge in [-0.2, -0.15) is 0 Å². The van der Waals surface area contributed by atoms with Crippen LogP contribution in [0.25, 0.3) is 0 Å². The van der Waals surface area contributed by atoms with Crippen molar-refractivity contribution in [3.63, 3.8) is 0 Å². The van der Waals surface area contributed by atoms with Gasteiger partial charge in [-0.1, -0.05) is 6.92 Å². The lowest BCUT2D eigenvalue weighted by Crippen LogP contribution is -2.50. The molecule has 1 aliphatic heterocycles. The Morgan fingerprint density at radius 1 is 1.37 bits per heavy atom. The van der Waals surface area contributed by atoms with Crippen LogP contribution in [0, 0.1) is 5.41 Å². The Morgan fingerprint density at radius 3 is 2.37 bits per heavy atom. The normalized spacial score (nSPS) is 20.7. The molecule has 0 spiro atoms. The van der Waals surface area contributed by atoms with Crippen LogP contribution in [0.3, 0.4) is 0 Å². The van der Waals surface area contributed by atoms with E-state index in [2.05, 4.69) is 23.6 Å². The number of hydrogen-bond donors (Lipinski definition) is 1. The number of carboxylic acid groups (broad SMARTS) is 1. The molecule has 1 aliphatic rings. The predicted octanol–water partition coefficient (Wildman–Crippen LogP) is 1.14. The molecule has 1 fully saturated rings. The first-order chi connectivity index (χ1) is 8.91. The second kappa shape index (κ2) is 7.22. The van der Waals surface area contributed by atoms with Crippen molar-refractivity contribution in [1.29, 1.82) is 0 Å². The van der Waals surface area contributed by atoms with Crippen LogP contribution >= 0.6 is 0 Å². The fourth-order valence-electron chi connectivity index (χ4n) is 2.81. The highest BCUT2D eigenvalue weighted by molar-refractivity contribution is 5.75. The topological polar surface area (TPSA) is 53.0 Å². The summed E-state index contributed by atoms with van der Waals surface area (Å²) in [5, 5.41) is 9.60. The van der Waals surface area contributed by atoms with Gasteiger partial charge in [-0.25, -0.2) is 0 Å². The summed E-state index contributed by atoms with van der Waals surface area (Å²) in [5.41, 5.74) is -0.630. The Hall–Kier alpha value is -0.650. The number of aliphatic carboxylic acids is 1. The summed E-state index contributed by atoms with van der Waals surface area (Å²) in [6.45, 7) is 7.83. The van der Waals surface area contributed by atoms with Crippen LogP contribution in [0.2, 0.25) is 0 Å². The van der Waals surface area contributed by atoms with Crippen LogP contribution in [-0.4, -0.2) is 73.9 Å². The van der Waals surface area contributed by atoms with E-state index in [1.807, 2.05) is 14.1 Å². The minimum absolute atomic E-state index is 0.360. The molecule has 0 saturated carbocycles. The number of carbonyl (C=O) groups is 1. The molecule has 0 bridgehead atoms. The van der Waals surface area contributed by atoms with E-state index in [1.54, 1.807) is 0 Å². The second-order valence-electron chi connectivity index (χ2n) is 5.87. The molecule has 1 saturated heterocycles. The molecule has 1 unspecified atom stereocenters. The number of nitrogens with zero attached hydrogens (tertiary/aromatic N) is 2. The van der Waals surface area contributed by atoms with E-state index in [0.717, 1.165) is 13.1 Å². The smallest absolute Gasteiger partial charge is 0.311 e. The lowest BCUT2D eigenvalue weighted by Gasteiger charge is -2.40. The van der Waals surface area contributed by atoms with E-state index >= 15 is 0 Å². The van der Waals surface area contributed by atoms with Gasteiger partial charge >= 0.3 is 5.97 Å². The van der Waals surface area contributed by atoms with Gasteiger partial charge in [0.25, 0.3) is 0 Å². The molecule has 5 heteroatoms. The van der Waals surface area contributed by atoms with E-state index < -0.39 is 11.4 Å². The lowest BCUT2D eigenvalue weighted by molar-refractivity contribution is -0.157. The number of ether oxygens (including phenoxy) is 1. The molecule has 1 N–H and O–H groups in total. The molecule has 1 atom stereocenters. The quantitative estimate of drug-likeness (QED) is 0.753. The van der Waals surface area contributed by atoms with Crippen LogP contribution in [0.5, 0.6) is 0 Å². The molecule has 0 aliphatic carbocycles. The van der Waals surface area contributed by atoms with Crippen LogP contribution in [0.4, 0.5) is 0 Å². The molecule has 0 radical (unpaired) electrons. The third kappa shape index (κ3) is 4.44. The Morgan fingerprint density at radius 2 is 1.95 bits per heavy atom. The number of rotatable bonds is 7. The minimum Gasteiger partial charge on any atom is -0.481 e. The summed E-state index contributed by atoms with van der Waals surface area (Å²) >= 11 is 0. The summed E-state index contributed by atoms with van der Waals surface area (Å²) in [5.74, 6) is -0.675. The maximum absolute atomic E-state index is 11.7. The van der Waals surface area contributed by atoms with E-state index in [4.69, 9.17) is 4.74 Å². The highest BCUT2D eigenvalue weighted by atomic mass is 16.5. The molecule has 112 valence electrons. The first-order valence-corrected chi connectivity index (χ1v) is 7.11. The average Bonchev–Trinajstić information content (AvgIpc) is 2.36. The third-order valence-electron chi connectivity index (χ3n) is 4.07. The summed E-state index contributed by atoms with van der Waals surface area (Å²) < 4.78 is 5.33. The second-order valence-corrected chi connectivity index (χ2v) is 5.87. The standard InChI is InChI=1S/C14H28N2O3/c1-5-16(12(2)10-15(3)4)11-14(13(17)18)6-8-19-9-7-14/h12H,5-11H2,1-4H3,(H,17,18). The first kappa shape index (κ1) is 16.4. The molecular weight excluding hydrogens is 244 g/mol. The zero-order valence-corrected chi connectivity index (χ0v) is 12.7. The fourth-order valence-corrected chi connectivity index (χ4v) is 2.81. The zero-order chi connectivity index (χ0) is 14.5. The van der Waals surface area contributed by atoms with Crippen molar-refractivity contribution < 1.29 is 14.6 Å². The number of hydrogen-bond acceptors (Lipinski definition) is 4. The Labute approximate surface area is 116 Å². The predicted molar refractivity (Wildman–Crippen MR) is 75.4 cm³/mol. The van der Waals surface area contributed by atoms with Gasteiger partial charge in [0.1, 0.15) is 0 Å². The van der Waals surface area contributed by atoms with Gasteiger partial charge in [-0.05, 0) is 40.4 Å². The van der Waals surface area contributed by atoms with Crippen LogP contribution in [0.15, 0.2) is 0 Å². The first-order valence-electron chi connectivity index (χ1n) is 7.11. The van der Waals surface area contributed by atoms with Gasteiger partial charge in [-0.15, -0.1) is 0 Å². The lowest BCUT2D eigenvalue weighted by atomic mass is 9.79. The van der Waals surface area contributed by atoms with Crippen molar-refractivity contribution >= 4 is 5.97 Å². The Kier molecular flexibility index (Phi) is 6.23. The molecule has 0 aromatic rings. The van der Waals surface area contributed by atoms with Crippen molar-refractivity contribution in [1.82, 2.24) is 9.80 Å². The Bertz CT molecular complexity index is 288. The van der Waals surface area contributed by atoms with E-state index in [0.29, 0.717) is 38.6 Å². The molecule has 0 aromatic heterocycles. The molecule has 5 nitrogen and oxygen atoms in total. The van der Waals surface area contributed by atoms with Crippen LogP contribution in [0.1, 0.15) is 26.7 Å². The average molecular weight is 272 g/mol. The SMILES string of the molecule is CCN(CC1(C(=O)O)CCOCC1)C(C)CN(C)C. The summed E-state index contributed by atoms with van der Waals surface area (Å²) in [7, 11) is 4.09. The summed E-state index contributed by atoms with van der Waals surface area (Å²) in [6, 6.07) is 0.360. The van der Waals surface area contributed by atoms with Crippen molar-refractivity contribution in [2.75, 3.05) is 46.9 Å². The van der Waals surface area contributed by atoms with Crippen molar-refractivity contribution in [2.45, 2.75) is 32.7 Å². The van der Waals surface area contributed by atoms with Crippen molar-refractivity contribution in [3.05, 3.63) is 0 Å². The highest BCUT2D eigenvalue weighted by Crippen LogP contribution is 2.32. The minimum atomic E-state index is -0.675. The Balaban J connectivity index is 2.72. The molecule has 1 rings (SSSR count). The van der Waals surface area contributed by atoms with Crippen molar-refractivity contribution in [3.8, 4) is 0 Å². The van der Waals surface area contributed by atoms with E-state index in [-0.39, 0.29) is 0 Å². The van der Waals surface area contributed by atoms with Gasteiger partial charge < -0.3 is 14.7 Å². The van der Waals surface area contributed by atoms with Crippen LogP contribution < -0.4 is 0 Å². The van der Waals surface area contributed by atoms with Gasteiger partial charge in [0.15, 0.2) is 0 Å². The van der Waals surface area contributed by atoms with Crippen LogP contribution in [-0.2, 0) is 9.53 Å². The number of likely N-dealkylation sites (N-methyl/N-ethyl adjacent to an activating group) is 2.